The lowest BCUT2D eigenvalue weighted by Crippen LogP contribution is -2.23. The van der Waals surface area contributed by atoms with Crippen LogP contribution in [0.25, 0.3) is 0 Å². The van der Waals surface area contributed by atoms with Crippen molar-refractivity contribution in [3.63, 3.8) is 0 Å². The Morgan fingerprint density at radius 2 is 2.23 bits per heavy atom. The van der Waals surface area contributed by atoms with Crippen LogP contribution in [0.3, 0.4) is 0 Å². The lowest BCUT2D eigenvalue weighted by Gasteiger charge is -2.18. The lowest BCUT2D eigenvalue weighted by atomic mass is 10.0. The number of aliphatic hydroxyl groups excluding tert-OH is 1. The number of aromatic nitrogens is 3. The zero-order valence-electron chi connectivity index (χ0n) is 12.7. The monoisotopic (exact) mass is 297 g/mol. The number of nitrogens with zero attached hydrogens (tertiary/aromatic N) is 4. The molecule has 1 saturated heterocycles. The highest BCUT2D eigenvalue weighted by molar-refractivity contribution is 5.55. The van der Waals surface area contributed by atoms with Crippen molar-refractivity contribution in [2.24, 2.45) is 5.92 Å². The first-order valence-corrected chi connectivity index (χ1v) is 7.38. The third-order valence-electron chi connectivity index (χ3n) is 4.07. The Morgan fingerprint density at radius 1 is 1.41 bits per heavy atom. The summed E-state index contributed by atoms with van der Waals surface area (Å²) in [6, 6.07) is 7.80. The zero-order chi connectivity index (χ0) is 15.7. The molecule has 2 aromatic heterocycles. The number of hydrogen-bond donors (Lipinski definition) is 2. The Hall–Kier alpha value is -2.39. The van der Waals surface area contributed by atoms with Gasteiger partial charge in [-0.3, -0.25) is 5.10 Å². The number of pyridine rings is 1. The van der Waals surface area contributed by atoms with Crippen molar-refractivity contribution in [3.05, 3.63) is 40.8 Å². The van der Waals surface area contributed by atoms with Crippen molar-refractivity contribution in [1.82, 2.24) is 15.2 Å². The molecule has 3 rings (SSSR count). The molecular formula is C16H19N5O. The molecule has 0 spiro atoms. The third kappa shape index (κ3) is 2.81. The molecule has 2 atom stereocenters. The Balaban J connectivity index is 1.78. The van der Waals surface area contributed by atoms with E-state index in [4.69, 9.17) is 0 Å². The molecule has 1 fully saturated rings. The minimum Gasteiger partial charge on any atom is -0.391 e. The molecule has 1 aliphatic heterocycles. The van der Waals surface area contributed by atoms with Crippen molar-refractivity contribution in [3.8, 4) is 6.07 Å². The predicted molar refractivity (Wildman–Crippen MR) is 82.4 cm³/mol. The summed E-state index contributed by atoms with van der Waals surface area (Å²) in [4.78, 5) is 6.48. The van der Waals surface area contributed by atoms with Gasteiger partial charge in [-0.2, -0.15) is 10.4 Å². The molecule has 0 saturated carbocycles. The molecule has 0 aromatic carbocycles. The molecule has 114 valence electrons. The van der Waals surface area contributed by atoms with Crippen molar-refractivity contribution >= 4 is 5.82 Å². The van der Waals surface area contributed by atoms with Crippen molar-refractivity contribution < 1.29 is 5.11 Å². The number of nitriles is 1. The highest BCUT2D eigenvalue weighted by Crippen LogP contribution is 2.27. The lowest BCUT2D eigenvalue weighted by molar-refractivity contribution is 0.148. The van der Waals surface area contributed by atoms with Gasteiger partial charge in [-0.1, -0.05) is 0 Å². The summed E-state index contributed by atoms with van der Waals surface area (Å²) < 4.78 is 0. The molecule has 2 aromatic rings. The molecule has 1 aliphatic rings. The van der Waals surface area contributed by atoms with Gasteiger partial charge in [-0.15, -0.1) is 0 Å². The smallest absolute Gasteiger partial charge is 0.146 e. The van der Waals surface area contributed by atoms with E-state index in [1.54, 1.807) is 6.07 Å². The van der Waals surface area contributed by atoms with E-state index >= 15 is 0 Å². The van der Waals surface area contributed by atoms with Crippen LogP contribution < -0.4 is 4.90 Å². The van der Waals surface area contributed by atoms with Crippen LogP contribution in [0, 0.1) is 31.1 Å². The molecule has 0 amide bonds. The molecular weight excluding hydrogens is 278 g/mol. The van der Waals surface area contributed by atoms with E-state index in [1.165, 1.54) is 0 Å². The quantitative estimate of drug-likeness (QED) is 0.892. The first kappa shape index (κ1) is 14.5. The number of anilines is 1. The summed E-state index contributed by atoms with van der Waals surface area (Å²) in [5.74, 6) is 0.763. The topological polar surface area (TPSA) is 88.8 Å². The molecule has 0 radical (unpaired) electrons. The summed E-state index contributed by atoms with van der Waals surface area (Å²) in [7, 11) is 0. The zero-order valence-corrected chi connectivity index (χ0v) is 12.7. The van der Waals surface area contributed by atoms with Gasteiger partial charge in [-0.05, 0) is 38.5 Å². The molecule has 6 heteroatoms. The van der Waals surface area contributed by atoms with Crippen LogP contribution in [0.2, 0.25) is 0 Å². The van der Waals surface area contributed by atoms with Crippen molar-refractivity contribution in [1.29, 1.82) is 5.26 Å². The molecule has 0 aliphatic carbocycles. The van der Waals surface area contributed by atoms with E-state index in [9.17, 15) is 10.4 Å². The minimum absolute atomic E-state index is 0.0940. The van der Waals surface area contributed by atoms with E-state index in [2.05, 4.69) is 21.3 Å². The third-order valence-corrected chi connectivity index (χ3v) is 4.07. The van der Waals surface area contributed by atoms with Crippen LogP contribution in [0.5, 0.6) is 0 Å². The van der Waals surface area contributed by atoms with Gasteiger partial charge in [0.15, 0.2) is 0 Å². The second-order valence-electron chi connectivity index (χ2n) is 5.91. The van der Waals surface area contributed by atoms with Crippen molar-refractivity contribution in [2.45, 2.75) is 26.4 Å². The van der Waals surface area contributed by atoms with Gasteiger partial charge in [-0.25, -0.2) is 4.98 Å². The number of rotatable bonds is 3. The van der Waals surface area contributed by atoms with Crippen LogP contribution in [-0.4, -0.2) is 39.5 Å². The highest BCUT2D eigenvalue weighted by atomic mass is 16.3. The molecule has 0 unspecified atom stereocenters. The summed E-state index contributed by atoms with van der Waals surface area (Å²) in [6.45, 7) is 5.04. The normalized spacial score (nSPS) is 21.1. The average molecular weight is 297 g/mol. The number of aliphatic hydroxyl groups is 1. The minimum atomic E-state index is -0.439. The summed E-state index contributed by atoms with van der Waals surface area (Å²) >= 11 is 0. The van der Waals surface area contributed by atoms with Gasteiger partial charge in [0.1, 0.15) is 11.9 Å². The Morgan fingerprint density at radius 3 is 2.91 bits per heavy atom. The Bertz CT molecular complexity index is 718. The van der Waals surface area contributed by atoms with E-state index in [0.29, 0.717) is 24.5 Å². The van der Waals surface area contributed by atoms with Crippen LogP contribution in [0.15, 0.2) is 18.2 Å². The molecule has 0 bridgehead atoms. The van der Waals surface area contributed by atoms with E-state index < -0.39 is 6.10 Å². The first-order valence-electron chi connectivity index (χ1n) is 7.38. The number of H-pyrrole nitrogens is 1. The fourth-order valence-corrected chi connectivity index (χ4v) is 2.95. The number of nitrogens with one attached hydrogen (secondary N) is 1. The van der Waals surface area contributed by atoms with Crippen LogP contribution in [0.1, 0.15) is 22.6 Å². The Labute approximate surface area is 129 Å². The van der Waals surface area contributed by atoms with Gasteiger partial charge in [0.25, 0.3) is 0 Å². The van der Waals surface area contributed by atoms with Gasteiger partial charge in [0.05, 0.1) is 17.4 Å². The fraction of sp³-hybridized carbons (Fsp3) is 0.438. The van der Waals surface area contributed by atoms with Crippen LogP contribution in [0.4, 0.5) is 5.82 Å². The average Bonchev–Trinajstić information content (AvgIpc) is 3.06. The maximum absolute atomic E-state index is 10.3. The standard InChI is InChI=1S/C16H19N5O/c1-10-3-4-12(7-17)16(18-10)21-8-13(15(22)9-21)6-14-5-11(2)19-20-14/h3-5,13,15,22H,6,8-9H2,1-2H3,(H,19,20)/t13-,15-/m1/s1. The maximum atomic E-state index is 10.3. The number of aryl methyl sites for hydroxylation is 2. The number of β-amino-alcohol motifs (C(OH)–C–C–N with tert-alkyl or cyclic N) is 1. The van der Waals surface area contributed by atoms with E-state index in [1.807, 2.05) is 30.9 Å². The molecule has 6 nitrogen and oxygen atoms in total. The SMILES string of the molecule is Cc1ccc(C#N)c(N2C[C@@H](Cc3cc(C)[nH]n3)[C@H](O)C2)n1. The fourth-order valence-electron chi connectivity index (χ4n) is 2.95. The van der Waals surface area contributed by atoms with Gasteiger partial charge in [0, 0.05) is 30.4 Å². The number of hydrogen-bond acceptors (Lipinski definition) is 5. The first-order chi connectivity index (χ1) is 10.6. The molecule has 2 N–H and O–H groups in total. The van der Waals surface area contributed by atoms with E-state index in [-0.39, 0.29) is 5.92 Å². The van der Waals surface area contributed by atoms with Gasteiger partial charge < -0.3 is 10.0 Å². The summed E-state index contributed by atoms with van der Waals surface area (Å²) in [5.41, 5.74) is 3.40. The Kier molecular flexibility index (Phi) is 3.82. The summed E-state index contributed by atoms with van der Waals surface area (Å²) in [6.07, 6.45) is 0.279. The van der Waals surface area contributed by atoms with Gasteiger partial charge >= 0.3 is 0 Å². The molecule has 22 heavy (non-hydrogen) atoms. The maximum Gasteiger partial charge on any atom is 0.146 e. The summed E-state index contributed by atoms with van der Waals surface area (Å²) in [5, 5.41) is 26.7. The van der Waals surface area contributed by atoms with Crippen LogP contribution in [-0.2, 0) is 6.42 Å². The second kappa shape index (κ2) is 5.78. The van der Waals surface area contributed by atoms with Crippen LogP contribution >= 0.6 is 0 Å². The van der Waals surface area contributed by atoms with E-state index in [0.717, 1.165) is 23.5 Å². The highest BCUT2D eigenvalue weighted by Gasteiger charge is 2.33. The predicted octanol–water partition coefficient (Wildman–Crippen LogP) is 1.33. The van der Waals surface area contributed by atoms with Gasteiger partial charge in [0.2, 0.25) is 0 Å². The van der Waals surface area contributed by atoms with Crippen molar-refractivity contribution in [2.75, 3.05) is 18.0 Å². The molecule has 3 heterocycles. The largest absolute Gasteiger partial charge is 0.391 e. The number of aromatic amines is 1. The second-order valence-corrected chi connectivity index (χ2v) is 5.91.